The predicted molar refractivity (Wildman–Crippen MR) is 81.5 cm³/mol. The minimum Gasteiger partial charge on any atom is -0.348 e. The molecular formula is C15H16BrN3O. The number of hydrogen-bond acceptors (Lipinski definition) is 3. The van der Waals surface area contributed by atoms with Crippen molar-refractivity contribution >= 4 is 21.8 Å². The Kier molecular flexibility index (Phi) is 4.84. The Morgan fingerprint density at radius 2 is 2.00 bits per heavy atom. The van der Waals surface area contributed by atoms with E-state index < -0.39 is 0 Å². The van der Waals surface area contributed by atoms with Crippen LogP contribution < -0.4 is 5.32 Å². The molecule has 5 heteroatoms. The molecule has 2 rings (SSSR count). The first-order valence-corrected chi connectivity index (χ1v) is 7.19. The SMILES string of the molecule is Cc1nccc(C(=O)N[C@@H](C)Cc2ccc(Br)cc2)n1. The van der Waals surface area contributed by atoms with Gasteiger partial charge in [-0.15, -0.1) is 0 Å². The molecule has 0 aliphatic rings. The molecule has 0 bridgehead atoms. The van der Waals surface area contributed by atoms with Crippen molar-refractivity contribution < 1.29 is 4.79 Å². The fourth-order valence-corrected chi connectivity index (χ4v) is 2.17. The van der Waals surface area contributed by atoms with E-state index >= 15 is 0 Å². The van der Waals surface area contributed by atoms with E-state index in [0.717, 1.165) is 10.9 Å². The van der Waals surface area contributed by atoms with Gasteiger partial charge in [-0.25, -0.2) is 9.97 Å². The smallest absolute Gasteiger partial charge is 0.270 e. The average Bonchev–Trinajstić information content (AvgIpc) is 2.41. The Hall–Kier alpha value is -1.75. The van der Waals surface area contributed by atoms with Crippen LogP contribution in [0.3, 0.4) is 0 Å². The molecule has 104 valence electrons. The van der Waals surface area contributed by atoms with Gasteiger partial charge in [0.1, 0.15) is 11.5 Å². The summed E-state index contributed by atoms with van der Waals surface area (Å²) in [4.78, 5) is 20.1. The van der Waals surface area contributed by atoms with Gasteiger partial charge >= 0.3 is 0 Å². The van der Waals surface area contributed by atoms with Crippen molar-refractivity contribution in [3.8, 4) is 0 Å². The summed E-state index contributed by atoms with van der Waals surface area (Å²) in [6.07, 6.45) is 2.37. The Labute approximate surface area is 126 Å². The lowest BCUT2D eigenvalue weighted by molar-refractivity contribution is 0.0934. The van der Waals surface area contributed by atoms with Gasteiger partial charge in [0.2, 0.25) is 0 Å². The van der Waals surface area contributed by atoms with Crippen LogP contribution in [0.4, 0.5) is 0 Å². The second kappa shape index (κ2) is 6.61. The second-order valence-corrected chi connectivity index (χ2v) is 5.61. The molecule has 0 saturated heterocycles. The van der Waals surface area contributed by atoms with E-state index in [1.54, 1.807) is 19.2 Å². The minimum atomic E-state index is -0.167. The third-order valence-electron chi connectivity index (χ3n) is 2.84. The summed E-state index contributed by atoms with van der Waals surface area (Å²) in [5.74, 6) is 0.429. The van der Waals surface area contributed by atoms with Crippen molar-refractivity contribution in [3.63, 3.8) is 0 Å². The monoisotopic (exact) mass is 333 g/mol. The fourth-order valence-electron chi connectivity index (χ4n) is 1.91. The summed E-state index contributed by atoms with van der Waals surface area (Å²) in [5, 5.41) is 2.95. The standard InChI is InChI=1S/C15H16BrN3O/c1-10(9-12-3-5-13(16)6-4-12)18-15(20)14-7-8-17-11(2)19-14/h3-8,10H,9H2,1-2H3,(H,18,20)/t10-/m0/s1. The van der Waals surface area contributed by atoms with Gasteiger partial charge in [0.15, 0.2) is 0 Å². The van der Waals surface area contributed by atoms with Crippen LogP contribution in [0.1, 0.15) is 28.8 Å². The van der Waals surface area contributed by atoms with Crippen LogP contribution in [-0.4, -0.2) is 21.9 Å². The molecule has 0 radical (unpaired) electrons. The highest BCUT2D eigenvalue weighted by molar-refractivity contribution is 9.10. The van der Waals surface area contributed by atoms with E-state index in [1.165, 1.54) is 5.56 Å². The minimum absolute atomic E-state index is 0.0407. The number of benzene rings is 1. The molecule has 0 saturated carbocycles. The molecule has 1 aromatic carbocycles. The summed E-state index contributed by atoms with van der Waals surface area (Å²) >= 11 is 3.41. The van der Waals surface area contributed by atoms with Crippen molar-refractivity contribution in [3.05, 3.63) is 58.1 Å². The first-order chi connectivity index (χ1) is 9.54. The van der Waals surface area contributed by atoms with Crippen LogP contribution in [0.2, 0.25) is 0 Å². The molecule has 2 aromatic rings. The zero-order valence-corrected chi connectivity index (χ0v) is 13.0. The van der Waals surface area contributed by atoms with Crippen molar-refractivity contribution in [2.45, 2.75) is 26.3 Å². The van der Waals surface area contributed by atoms with Gasteiger partial charge in [-0.05, 0) is 44.0 Å². The summed E-state index contributed by atoms with van der Waals surface area (Å²) in [6.45, 7) is 3.75. The quantitative estimate of drug-likeness (QED) is 0.935. The van der Waals surface area contributed by atoms with E-state index in [1.807, 2.05) is 31.2 Å². The molecule has 0 unspecified atom stereocenters. The van der Waals surface area contributed by atoms with E-state index in [-0.39, 0.29) is 11.9 Å². The maximum atomic E-state index is 12.0. The van der Waals surface area contributed by atoms with Crippen molar-refractivity contribution in [1.82, 2.24) is 15.3 Å². The van der Waals surface area contributed by atoms with E-state index in [4.69, 9.17) is 0 Å². The van der Waals surface area contributed by atoms with Gasteiger partial charge < -0.3 is 5.32 Å². The van der Waals surface area contributed by atoms with Gasteiger partial charge in [-0.1, -0.05) is 28.1 Å². The van der Waals surface area contributed by atoms with Crippen LogP contribution in [0.15, 0.2) is 41.0 Å². The normalized spacial score (nSPS) is 11.9. The summed E-state index contributed by atoms with van der Waals surface area (Å²) in [5.41, 5.74) is 1.58. The lowest BCUT2D eigenvalue weighted by Crippen LogP contribution is -2.34. The Balaban J connectivity index is 1.95. The number of amides is 1. The maximum Gasteiger partial charge on any atom is 0.270 e. The Morgan fingerprint density at radius 3 is 2.65 bits per heavy atom. The molecular weight excluding hydrogens is 318 g/mol. The highest BCUT2D eigenvalue weighted by atomic mass is 79.9. The van der Waals surface area contributed by atoms with E-state index in [9.17, 15) is 4.79 Å². The first kappa shape index (κ1) is 14.7. The summed E-state index contributed by atoms with van der Waals surface area (Å²) in [6, 6.07) is 9.74. The average molecular weight is 334 g/mol. The molecule has 4 nitrogen and oxygen atoms in total. The van der Waals surface area contributed by atoms with Crippen LogP contribution in [0.25, 0.3) is 0 Å². The largest absolute Gasteiger partial charge is 0.348 e. The number of carbonyl (C=O) groups excluding carboxylic acids is 1. The lowest BCUT2D eigenvalue weighted by Gasteiger charge is -2.13. The van der Waals surface area contributed by atoms with Crippen molar-refractivity contribution in [1.29, 1.82) is 0 Å². The third kappa shape index (κ3) is 4.13. The van der Waals surface area contributed by atoms with Gasteiger partial charge in [0, 0.05) is 16.7 Å². The number of aromatic nitrogens is 2. The summed E-state index contributed by atoms with van der Waals surface area (Å²) in [7, 11) is 0. The van der Waals surface area contributed by atoms with Crippen LogP contribution in [0.5, 0.6) is 0 Å². The van der Waals surface area contributed by atoms with Crippen molar-refractivity contribution in [2.75, 3.05) is 0 Å². The molecule has 0 aliphatic heterocycles. The van der Waals surface area contributed by atoms with Gasteiger partial charge in [0.25, 0.3) is 5.91 Å². The number of nitrogens with zero attached hydrogens (tertiary/aromatic N) is 2. The van der Waals surface area contributed by atoms with Crippen LogP contribution in [0, 0.1) is 6.92 Å². The zero-order valence-electron chi connectivity index (χ0n) is 11.4. The Morgan fingerprint density at radius 1 is 1.30 bits per heavy atom. The number of halogens is 1. The number of hydrogen-bond donors (Lipinski definition) is 1. The highest BCUT2D eigenvalue weighted by Crippen LogP contribution is 2.12. The molecule has 0 aliphatic carbocycles. The molecule has 1 amide bonds. The topological polar surface area (TPSA) is 54.9 Å². The van der Waals surface area contributed by atoms with Crippen LogP contribution >= 0.6 is 15.9 Å². The molecule has 20 heavy (non-hydrogen) atoms. The highest BCUT2D eigenvalue weighted by Gasteiger charge is 2.11. The van der Waals surface area contributed by atoms with E-state index in [2.05, 4.69) is 31.2 Å². The summed E-state index contributed by atoms with van der Waals surface area (Å²) < 4.78 is 1.05. The number of aryl methyl sites for hydroxylation is 1. The molecule has 0 fully saturated rings. The number of nitrogens with one attached hydrogen (secondary N) is 1. The first-order valence-electron chi connectivity index (χ1n) is 6.39. The molecule has 0 spiro atoms. The van der Waals surface area contributed by atoms with Crippen molar-refractivity contribution in [2.24, 2.45) is 0 Å². The molecule has 1 atom stereocenters. The molecule has 1 N–H and O–H groups in total. The predicted octanol–water partition coefficient (Wildman–Crippen LogP) is 2.91. The third-order valence-corrected chi connectivity index (χ3v) is 3.37. The zero-order chi connectivity index (χ0) is 14.5. The lowest BCUT2D eigenvalue weighted by atomic mass is 10.1. The van der Waals surface area contributed by atoms with Gasteiger partial charge in [-0.2, -0.15) is 0 Å². The van der Waals surface area contributed by atoms with Crippen LogP contribution in [-0.2, 0) is 6.42 Å². The van der Waals surface area contributed by atoms with E-state index in [0.29, 0.717) is 11.5 Å². The maximum absolute atomic E-state index is 12.0. The fraction of sp³-hybridized carbons (Fsp3) is 0.267. The second-order valence-electron chi connectivity index (χ2n) is 4.69. The molecule has 1 aromatic heterocycles. The Bertz CT molecular complexity index is 598. The van der Waals surface area contributed by atoms with Gasteiger partial charge in [-0.3, -0.25) is 4.79 Å². The van der Waals surface area contributed by atoms with Gasteiger partial charge in [0.05, 0.1) is 0 Å². The number of rotatable bonds is 4. The molecule has 1 heterocycles. The number of carbonyl (C=O) groups is 1.